The fraction of sp³-hybridized carbons (Fsp3) is 0.318. The average molecular weight is 392 g/mol. The number of nitrogens with zero attached hydrogens (tertiary/aromatic N) is 3. The van der Waals surface area contributed by atoms with Gasteiger partial charge in [-0.25, -0.2) is 0 Å². The standard InChI is InChI=1S/C22H24N4O3/c1-28-18-11-9-16(10-12-18)15-19(27)23-20(17-7-3-2-4-8-17)21-24-25-22(29-21)26-13-5-6-14-26/h2-4,7-12,20H,5-6,13-15H2,1H3,(H,23,27)/t20-/m0/s1. The molecule has 0 aliphatic carbocycles. The molecule has 0 bridgehead atoms. The highest BCUT2D eigenvalue weighted by Gasteiger charge is 2.25. The number of amides is 1. The van der Waals surface area contributed by atoms with Crippen LogP contribution in [0.3, 0.4) is 0 Å². The molecule has 150 valence electrons. The zero-order valence-corrected chi connectivity index (χ0v) is 16.4. The van der Waals surface area contributed by atoms with Crippen LogP contribution in [0.1, 0.15) is 35.9 Å². The summed E-state index contributed by atoms with van der Waals surface area (Å²) >= 11 is 0. The van der Waals surface area contributed by atoms with Crippen molar-refractivity contribution in [1.29, 1.82) is 0 Å². The van der Waals surface area contributed by atoms with E-state index in [1.165, 1.54) is 0 Å². The van der Waals surface area contributed by atoms with Crippen LogP contribution in [0.15, 0.2) is 59.0 Å². The maximum atomic E-state index is 12.7. The summed E-state index contributed by atoms with van der Waals surface area (Å²) in [5, 5.41) is 11.5. The molecule has 0 spiro atoms. The second kappa shape index (κ2) is 8.77. The van der Waals surface area contributed by atoms with E-state index in [0.29, 0.717) is 11.9 Å². The first kappa shape index (κ1) is 19.0. The van der Waals surface area contributed by atoms with Gasteiger partial charge in [-0.3, -0.25) is 4.79 Å². The van der Waals surface area contributed by atoms with E-state index in [4.69, 9.17) is 9.15 Å². The smallest absolute Gasteiger partial charge is 0.318 e. The number of hydrogen-bond donors (Lipinski definition) is 1. The lowest BCUT2D eigenvalue weighted by molar-refractivity contribution is -0.121. The van der Waals surface area contributed by atoms with Crippen LogP contribution in [0.2, 0.25) is 0 Å². The van der Waals surface area contributed by atoms with Crippen molar-refractivity contribution in [3.8, 4) is 5.75 Å². The number of rotatable bonds is 7. The fourth-order valence-electron chi connectivity index (χ4n) is 3.45. The first-order valence-electron chi connectivity index (χ1n) is 9.78. The highest BCUT2D eigenvalue weighted by molar-refractivity contribution is 5.79. The van der Waals surface area contributed by atoms with E-state index >= 15 is 0 Å². The van der Waals surface area contributed by atoms with Crippen molar-refractivity contribution in [1.82, 2.24) is 15.5 Å². The predicted molar refractivity (Wildman–Crippen MR) is 109 cm³/mol. The van der Waals surface area contributed by atoms with Crippen LogP contribution < -0.4 is 15.0 Å². The summed E-state index contributed by atoms with van der Waals surface area (Å²) < 4.78 is 11.1. The minimum absolute atomic E-state index is 0.120. The van der Waals surface area contributed by atoms with E-state index in [1.54, 1.807) is 7.11 Å². The molecule has 1 aliphatic heterocycles. The first-order valence-corrected chi connectivity index (χ1v) is 9.78. The molecule has 1 amide bonds. The Labute approximate surface area is 169 Å². The van der Waals surface area contributed by atoms with E-state index in [0.717, 1.165) is 42.8 Å². The van der Waals surface area contributed by atoms with Gasteiger partial charge >= 0.3 is 6.01 Å². The Balaban J connectivity index is 1.52. The van der Waals surface area contributed by atoms with Gasteiger partial charge in [-0.05, 0) is 36.1 Å². The molecule has 2 aromatic carbocycles. The summed E-state index contributed by atoms with van der Waals surface area (Å²) in [6.07, 6.45) is 2.50. The minimum Gasteiger partial charge on any atom is -0.497 e. The van der Waals surface area contributed by atoms with Gasteiger partial charge in [0.15, 0.2) is 0 Å². The normalized spacial score (nSPS) is 14.6. The molecule has 1 saturated heterocycles. The van der Waals surface area contributed by atoms with Gasteiger partial charge in [0.25, 0.3) is 0 Å². The van der Waals surface area contributed by atoms with Crippen molar-refractivity contribution in [2.45, 2.75) is 25.3 Å². The molecule has 0 radical (unpaired) electrons. The SMILES string of the molecule is COc1ccc(CC(=O)N[C@@H](c2ccccc2)c2nnc(N3CCCC3)o2)cc1. The topological polar surface area (TPSA) is 80.5 Å². The van der Waals surface area contributed by atoms with E-state index < -0.39 is 6.04 Å². The third-order valence-corrected chi connectivity index (χ3v) is 5.02. The van der Waals surface area contributed by atoms with Crippen molar-refractivity contribution in [2.75, 3.05) is 25.1 Å². The second-order valence-corrected chi connectivity index (χ2v) is 7.05. The van der Waals surface area contributed by atoms with Gasteiger partial charge in [-0.1, -0.05) is 47.6 Å². The molecule has 4 rings (SSSR count). The van der Waals surface area contributed by atoms with Gasteiger partial charge in [0.2, 0.25) is 11.8 Å². The Kier molecular flexibility index (Phi) is 5.74. The van der Waals surface area contributed by atoms with Crippen LogP contribution in [-0.4, -0.2) is 36.3 Å². The maximum absolute atomic E-state index is 12.7. The molecule has 0 unspecified atom stereocenters. The highest BCUT2D eigenvalue weighted by Crippen LogP contribution is 2.25. The molecule has 7 heteroatoms. The van der Waals surface area contributed by atoms with Gasteiger partial charge < -0.3 is 19.4 Å². The maximum Gasteiger partial charge on any atom is 0.318 e. The van der Waals surface area contributed by atoms with E-state index in [-0.39, 0.29) is 12.3 Å². The Morgan fingerprint density at radius 1 is 1.10 bits per heavy atom. The van der Waals surface area contributed by atoms with Crippen molar-refractivity contribution < 1.29 is 13.9 Å². The van der Waals surface area contributed by atoms with Crippen molar-refractivity contribution in [2.24, 2.45) is 0 Å². The Hall–Kier alpha value is -3.35. The number of aromatic nitrogens is 2. The highest BCUT2D eigenvalue weighted by atomic mass is 16.5. The van der Waals surface area contributed by atoms with Crippen molar-refractivity contribution in [3.05, 3.63) is 71.6 Å². The number of carbonyl (C=O) groups is 1. The summed E-state index contributed by atoms with van der Waals surface area (Å²) in [5.74, 6) is 1.03. The molecule has 1 fully saturated rings. The Bertz CT molecular complexity index is 934. The van der Waals surface area contributed by atoms with Gasteiger partial charge in [0.1, 0.15) is 11.8 Å². The van der Waals surface area contributed by atoms with Gasteiger partial charge in [-0.15, -0.1) is 5.10 Å². The third-order valence-electron chi connectivity index (χ3n) is 5.02. The quantitative estimate of drug-likeness (QED) is 0.665. The van der Waals surface area contributed by atoms with Gasteiger partial charge in [0, 0.05) is 13.1 Å². The van der Waals surface area contributed by atoms with E-state index in [2.05, 4.69) is 20.4 Å². The largest absolute Gasteiger partial charge is 0.497 e. The number of hydrogen-bond acceptors (Lipinski definition) is 6. The molecule has 1 aliphatic rings. The second-order valence-electron chi connectivity index (χ2n) is 7.05. The average Bonchev–Trinajstić information content (AvgIpc) is 3.45. The predicted octanol–water partition coefficient (Wildman–Crippen LogP) is 3.13. The molecular formula is C22H24N4O3. The molecule has 3 aromatic rings. The van der Waals surface area contributed by atoms with Crippen LogP contribution in [0.25, 0.3) is 0 Å². The number of methoxy groups -OCH3 is 1. The van der Waals surface area contributed by atoms with Crippen molar-refractivity contribution >= 4 is 11.9 Å². The van der Waals surface area contributed by atoms with Gasteiger partial charge in [-0.2, -0.15) is 0 Å². The molecular weight excluding hydrogens is 368 g/mol. The molecule has 7 nitrogen and oxygen atoms in total. The fourth-order valence-corrected chi connectivity index (χ4v) is 3.45. The van der Waals surface area contributed by atoms with Crippen LogP contribution in [0.5, 0.6) is 5.75 Å². The lowest BCUT2D eigenvalue weighted by atomic mass is 10.1. The third kappa shape index (κ3) is 4.56. The number of benzene rings is 2. The van der Waals surface area contributed by atoms with Crippen LogP contribution in [0.4, 0.5) is 6.01 Å². The van der Waals surface area contributed by atoms with Crippen LogP contribution >= 0.6 is 0 Å². The summed E-state index contributed by atoms with van der Waals surface area (Å²) in [4.78, 5) is 14.8. The number of nitrogens with one attached hydrogen (secondary N) is 1. The Morgan fingerprint density at radius 3 is 2.52 bits per heavy atom. The minimum atomic E-state index is -0.495. The van der Waals surface area contributed by atoms with Crippen LogP contribution in [0, 0.1) is 0 Å². The van der Waals surface area contributed by atoms with Gasteiger partial charge in [0.05, 0.1) is 13.5 Å². The number of ether oxygens (including phenoxy) is 1. The van der Waals surface area contributed by atoms with Crippen LogP contribution in [-0.2, 0) is 11.2 Å². The molecule has 1 atom stereocenters. The van der Waals surface area contributed by atoms with E-state index in [1.807, 2.05) is 54.6 Å². The summed E-state index contributed by atoms with van der Waals surface area (Å²) in [6, 6.07) is 17.1. The molecule has 0 saturated carbocycles. The summed E-state index contributed by atoms with van der Waals surface area (Å²) in [7, 11) is 1.62. The van der Waals surface area contributed by atoms with Crippen molar-refractivity contribution in [3.63, 3.8) is 0 Å². The number of carbonyl (C=O) groups excluding carboxylic acids is 1. The lowest BCUT2D eigenvalue weighted by Gasteiger charge is -2.16. The lowest BCUT2D eigenvalue weighted by Crippen LogP contribution is -2.30. The number of anilines is 1. The molecule has 1 N–H and O–H groups in total. The summed E-state index contributed by atoms with van der Waals surface area (Å²) in [5.41, 5.74) is 1.80. The zero-order chi connectivity index (χ0) is 20.1. The van der Waals surface area contributed by atoms with E-state index in [9.17, 15) is 4.79 Å². The molecule has 2 heterocycles. The Morgan fingerprint density at radius 2 is 1.83 bits per heavy atom. The summed E-state index contributed by atoms with van der Waals surface area (Å²) in [6.45, 7) is 1.84. The molecule has 29 heavy (non-hydrogen) atoms. The molecule has 1 aromatic heterocycles. The monoisotopic (exact) mass is 392 g/mol. The zero-order valence-electron chi connectivity index (χ0n) is 16.4. The first-order chi connectivity index (χ1) is 14.2.